The molecule has 1 aromatic rings. The van der Waals surface area contributed by atoms with Gasteiger partial charge in [-0.25, -0.2) is 9.97 Å². The second kappa shape index (κ2) is 7.86. The van der Waals surface area contributed by atoms with Crippen LogP contribution in [0.1, 0.15) is 46.0 Å². The Morgan fingerprint density at radius 3 is 2.71 bits per heavy atom. The van der Waals surface area contributed by atoms with Crippen molar-refractivity contribution in [1.82, 2.24) is 9.97 Å². The van der Waals surface area contributed by atoms with Gasteiger partial charge in [-0.1, -0.05) is 11.6 Å². The van der Waals surface area contributed by atoms with Crippen molar-refractivity contribution in [2.45, 2.75) is 46.0 Å². The number of nitrogens with one attached hydrogen (secondary N) is 1. The summed E-state index contributed by atoms with van der Waals surface area (Å²) in [6, 6.07) is 0. The summed E-state index contributed by atoms with van der Waals surface area (Å²) in [6.07, 6.45) is 10.2. The lowest BCUT2D eigenvalue weighted by atomic mass is 9.97. The highest BCUT2D eigenvalue weighted by Crippen LogP contribution is 2.26. The van der Waals surface area contributed by atoms with Crippen LogP contribution >= 0.6 is 0 Å². The first-order valence-electron chi connectivity index (χ1n) is 8.03. The molecule has 5 heteroatoms. The van der Waals surface area contributed by atoms with E-state index in [-0.39, 0.29) is 0 Å². The number of nitrogen functional groups attached to an aromatic ring is 1. The van der Waals surface area contributed by atoms with Crippen LogP contribution in [-0.4, -0.2) is 29.6 Å². The van der Waals surface area contributed by atoms with Crippen LogP contribution in [0.2, 0.25) is 0 Å². The van der Waals surface area contributed by atoms with E-state index in [9.17, 15) is 0 Å². The predicted molar refractivity (Wildman–Crippen MR) is 89.7 cm³/mol. The van der Waals surface area contributed by atoms with Crippen molar-refractivity contribution >= 4 is 17.3 Å². The van der Waals surface area contributed by atoms with Gasteiger partial charge in [-0.15, -0.1) is 0 Å². The van der Waals surface area contributed by atoms with Crippen LogP contribution in [0.4, 0.5) is 17.3 Å². The molecule has 0 unspecified atom stereocenters. The first kappa shape index (κ1) is 15.6. The highest BCUT2D eigenvalue weighted by molar-refractivity contribution is 5.74. The van der Waals surface area contributed by atoms with E-state index < -0.39 is 0 Å². The lowest BCUT2D eigenvalue weighted by molar-refractivity contribution is 0.679. The zero-order chi connectivity index (χ0) is 15.1. The van der Waals surface area contributed by atoms with Crippen LogP contribution in [0.3, 0.4) is 0 Å². The number of nitrogens with zero attached hydrogens (tertiary/aromatic N) is 3. The van der Waals surface area contributed by atoms with E-state index >= 15 is 0 Å². The first-order chi connectivity index (χ1) is 10.3. The Balaban J connectivity index is 1.96. The van der Waals surface area contributed by atoms with Crippen molar-refractivity contribution in [1.29, 1.82) is 0 Å². The Hall–Kier alpha value is -1.78. The fourth-order valence-electron chi connectivity index (χ4n) is 2.78. The topological polar surface area (TPSA) is 67.1 Å². The zero-order valence-electron chi connectivity index (χ0n) is 13.2. The number of rotatable bonds is 7. The van der Waals surface area contributed by atoms with Crippen molar-refractivity contribution in [3.63, 3.8) is 0 Å². The van der Waals surface area contributed by atoms with Gasteiger partial charge in [0.2, 0.25) is 0 Å². The van der Waals surface area contributed by atoms with Crippen LogP contribution in [0, 0.1) is 0 Å². The summed E-state index contributed by atoms with van der Waals surface area (Å²) in [5, 5.41) is 3.36. The van der Waals surface area contributed by atoms with E-state index in [0.29, 0.717) is 5.69 Å². The van der Waals surface area contributed by atoms with Crippen molar-refractivity contribution in [3.8, 4) is 0 Å². The molecule has 0 aromatic carbocycles. The van der Waals surface area contributed by atoms with Crippen molar-refractivity contribution in [3.05, 3.63) is 18.0 Å². The van der Waals surface area contributed by atoms with Crippen LogP contribution < -0.4 is 16.0 Å². The third-order valence-electron chi connectivity index (χ3n) is 4.05. The van der Waals surface area contributed by atoms with E-state index in [0.717, 1.165) is 37.7 Å². The number of nitrogens with two attached hydrogens (primary N) is 1. The average Bonchev–Trinajstić information content (AvgIpc) is 2.52. The second-order valence-corrected chi connectivity index (χ2v) is 5.42. The van der Waals surface area contributed by atoms with E-state index in [2.05, 4.69) is 40.1 Å². The fourth-order valence-corrected chi connectivity index (χ4v) is 2.78. The molecule has 1 aliphatic rings. The van der Waals surface area contributed by atoms with Gasteiger partial charge in [-0.05, 0) is 46.0 Å². The third kappa shape index (κ3) is 4.09. The Morgan fingerprint density at radius 1 is 1.24 bits per heavy atom. The van der Waals surface area contributed by atoms with E-state index in [4.69, 9.17) is 5.73 Å². The summed E-state index contributed by atoms with van der Waals surface area (Å²) in [6.45, 7) is 6.88. The van der Waals surface area contributed by atoms with Crippen LogP contribution in [0.25, 0.3) is 0 Å². The monoisotopic (exact) mass is 289 g/mol. The predicted octanol–water partition coefficient (Wildman–Crippen LogP) is 3.21. The molecule has 21 heavy (non-hydrogen) atoms. The van der Waals surface area contributed by atoms with E-state index in [1.54, 1.807) is 11.9 Å². The summed E-state index contributed by atoms with van der Waals surface area (Å²) in [5.74, 6) is 1.58. The van der Waals surface area contributed by atoms with Gasteiger partial charge in [-0.3, -0.25) is 0 Å². The largest absolute Gasteiger partial charge is 0.393 e. The van der Waals surface area contributed by atoms with Crippen molar-refractivity contribution in [2.75, 3.05) is 35.6 Å². The number of hydrogen-bond acceptors (Lipinski definition) is 5. The molecule has 0 spiro atoms. The zero-order valence-corrected chi connectivity index (χ0v) is 13.2. The number of aromatic nitrogens is 2. The molecule has 0 radical (unpaired) electrons. The van der Waals surface area contributed by atoms with Gasteiger partial charge >= 0.3 is 0 Å². The summed E-state index contributed by atoms with van der Waals surface area (Å²) >= 11 is 0. The van der Waals surface area contributed by atoms with Crippen molar-refractivity contribution in [2.24, 2.45) is 0 Å². The normalized spacial score (nSPS) is 14.7. The maximum Gasteiger partial charge on any atom is 0.157 e. The van der Waals surface area contributed by atoms with Crippen LogP contribution in [0.5, 0.6) is 0 Å². The molecule has 0 atom stereocenters. The lowest BCUT2D eigenvalue weighted by Crippen LogP contribution is -2.25. The number of anilines is 3. The first-order valence-corrected chi connectivity index (χ1v) is 8.03. The third-order valence-corrected chi connectivity index (χ3v) is 4.05. The molecule has 1 aliphatic carbocycles. The molecular weight excluding hydrogens is 262 g/mol. The molecule has 2 rings (SSSR count). The molecule has 0 aliphatic heterocycles. The van der Waals surface area contributed by atoms with Gasteiger partial charge in [0.1, 0.15) is 12.0 Å². The molecule has 0 amide bonds. The fraction of sp³-hybridized carbons (Fsp3) is 0.625. The average molecular weight is 289 g/mol. The molecule has 3 N–H and O–H groups in total. The summed E-state index contributed by atoms with van der Waals surface area (Å²) < 4.78 is 0. The highest BCUT2D eigenvalue weighted by atomic mass is 15.2. The van der Waals surface area contributed by atoms with Crippen molar-refractivity contribution < 1.29 is 0 Å². The Labute approximate surface area is 127 Å². The highest BCUT2D eigenvalue weighted by Gasteiger charge is 2.12. The molecule has 0 fully saturated rings. The number of allylic oxidation sites excluding steroid dienone is 1. The molecule has 0 bridgehead atoms. The Morgan fingerprint density at radius 2 is 2.05 bits per heavy atom. The minimum Gasteiger partial charge on any atom is -0.393 e. The van der Waals surface area contributed by atoms with Gasteiger partial charge < -0.3 is 16.0 Å². The van der Waals surface area contributed by atoms with E-state index in [1.165, 1.54) is 25.7 Å². The van der Waals surface area contributed by atoms with E-state index in [1.807, 2.05) is 0 Å². The molecular formula is C16H27N5. The summed E-state index contributed by atoms with van der Waals surface area (Å²) in [4.78, 5) is 10.7. The quantitative estimate of drug-likeness (QED) is 0.754. The second-order valence-electron chi connectivity index (χ2n) is 5.42. The molecule has 1 aromatic heterocycles. The molecule has 1 heterocycles. The Bertz CT molecular complexity index is 480. The standard InChI is InChI=1S/C16H27N5/c1-3-21(4-2)16-14(17)15(19-12-20-16)18-11-10-13-8-6-5-7-9-13/h8,12H,3-7,9-11,17H2,1-2H3,(H,18,19,20). The van der Waals surface area contributed by atoms with Gasteiger partial charge in [0, 0.05) is 19.6 Å². The number of hydrogen-bond donors (Lipinski definition) is 2. The maximum absolute atomic E-state index is 6.21. The molecule has 0 saturated carbocycles. The van der Waals surface area contributed by atoms with Gasteiger partial charge in [0.15, 0.2) is 11.6 Å². The summed E-state index contributed by atoms with van der Waals surface area (Å²) in [5.41, 5.74) is 8.42. The minimum atomic E-state index is 0.652. The molecule has 5 nitrogen and oxygen atoms in total. The lowest BCUT2D eigenvalue weighted by Gasteiger charge is -2.22. The van der Waals surface area contributed by atoms with Gasteiger partial charge in [0.05, 0.1) is 0 Å². The minimum absolute atomic E-state index is 0.652. The SMILES string of the molecule is CCN(CC)c1ncnc(NCCC2=CCCCC2)c1N. The van der Waals surface area contributed by atoms with Crippen LogP contribution in [0.15, 0.2) is 18.0 Å². The molecule has 116 valence electrons. The maximum atomic E-state index is 6.21. The molecule has 0 saturated heterocycles. The van der Waals surface area contributed by atoms with Gasteiger partial charge in [-0.2, -0.15) is 0 Å². The van der Waals surface area contributed by atoms with Gasteiger partial charge in [0.25, 0.3) is 0 Å². The van der Waals surface area contributed by atoms with Crippen LogP contribution in [-0.2, 0) is 0 Å². The summed E-state index contributed by atoms with van der Waals surface area (Å²) in [7, 11) is 0. The Kier molecular flexibility index (Phi) is 5.84. The smallest absolute Gasteiger partial charge is 0.157 e.